The number of nitrogens with zero attached hydrogens (tertiary/aromatic N) is 1. The van der Waals surface area contributed by atoms with Crippen LogP contribution in [0.4, 0.5) is 0 Å². The smallest absolute Gasteiger partial charge is 0.203 e. The first kappa shape index (κ1) is 14.5. The van der Waals surface area contributed by atoms with E-state index in [2.05, 4.69) is 0 Å². The molecule has 3 nitrogen and oxygen atoms in total. The Labute approximate surface area is 124 Å². The monoisotopic (exact) mass is 277 g/mol. The van der Waals surface area contributed by atoms with Crippen LogP contribution in [0.3, 0.4) is 0 Å². The summed E-state index contributed by atoms with van der Waals surface area (Å²) < 4.78 is 5.15. The molecule has 0 bridgehead atoms. The van der Waals surface area contributed by atoms with Gasteiger partial charge in [0.25, 0.3) is 0 Å². The third kappa shape index (κ3) is 3.37. The Morgan fingerprint density at radius 2 is 1.90 bits per heavy atom. The van der Waals surface area contributed by atoms with E-state index in [1.807, 2.05) is 31.2 Å². The number of hydrogen-bond donors (Lipinski definition) is 0. The zero-order chi connectivity index (χ0) is 15.2. The van der Waals surface area contributed by atoms with Gasteiger partial charge < -0.3 is 4.74 Å². The Morgan fingerprint density at radius 3 is 2.48 bits per heavy atom. The van der Waals surface area contributed by atoms with Crippen molar-refractivity contribution in [1.29, 1.82) is 5.26 Å². The van der Waals surface area contributed by atoms with Gasteiger partial charge in [-0.15, -0.1) is 0 Å². The number of ketones is 1. The number of benzene rings is 2. The standard InChI is InChI=1S/C18H15NO2/c1-13-10-17(21-2)9-8-15(13)11-16(12-19)18(20)14-6-4-3-5-7-14/h3-11H,1-2H3/b16-11+. The quantitative estimate of drug-likeness (QED) is 0.485. The molecule has 0 aromatic heterocycles. The van der Waals surface area contributed by atoms with Crippen molar-refractivity contribution in [2.45, 2.75) is 6.92 Å². The van der Waals surface area contributed by atoms with E-state index in [1.54, 1.807) is 43.5 Å². The molecule has 0 fully saturated rings. The second-order valence-electron chi connectivity index (χ2n) is 4.59. The van der Waals surface area contributed by atoms with Crippen molar-refractivity contribution in [1.82, 2.24) is 0 Å². The van der Waals surface area contributed by atoms with Crippen LogP contribution in [0.1, 0.15) is 21.5 Å². The van der Waals surface area contributed by atoms with Gasteiger partial charge in [-0.3, -0.25) is 4.79 Å². The molecule has 104 valence electrons. The van der Waals surface area contributed by atoms with E-state index >= 15 is 0 Å². The van der Waals surface area contributed by atoms with Crippen molar-refractivity contribution < 1.29 is 9.53 Å². The van der Waals surface area contributed by atoms with Crippen LogP contribution in [0.5, 0.6) is 5.75 Å². The highest BCUT2D eigenvalue weighted by Crippen LogP contribution is 2.20. The summed E-state index contributed by atoms with van der Waals surface area (Å²) in [6.45, 7) is 1.91. The zero-order valence-electron chi connectivity index (χ0n) is 12.0. The second kappa shape index (κ2) is 6.53. The van der Waals surface area contributed by atoms with Gasteiger partial charge in [0.15, 0.2) is 0 Å². The maximum atomic E-state index is 12.3. The summed E-state index contributed by atoms with van der Waals surface area (Å²) in [5.41, 5.74) is 2.41. The van der Waals surface area contributed by atoms with Gasteiger partial charge in [0.1, 0.15) is 17.4 Å². The number of Topliss-reactive ketones (excluding diaryl/α,β-unsaturated/α-hetero) is 1. The highest BCUT2D eigenvalue weighted by Gasteiger charge is 2.12. The lowest BCUT2D eigenvalue weighted by atomic mass is 10.00. The summed E-state index contributed by atoms with van der Waals surface area (Å²) in [4.78, 5) is 12.3. The molecule has 2 rings (SSSR count). The number of carbonyl (C=O) groups excluding carboxylic acids is 1. The van der Waals surface area contributed by atoms with E-state index in [1.165, 1.54) is 0 Å². The van der Waals surface area contributed by atoms with E-state index in [0.717, 1.165) is 16.9 Å². The second-order valence-corrected chi connectivity index (χ2v) is 4.59. The maximum Gasteiger partial charge on any atom is 0.203 e. The van der Waals surface area contributed by atoms with E-state index in [-0.39, 0.29) is 11.4 Å². The Hall–Kier alpha value is -2.86. The molecule has 2 aromatic carbocycles. The molecular weight excluding hydrogens is 262 g/mol. The Morgan fingerprint density at radius 1 is 1.19 bits per heavy atom. The van der Waals surface area contributed by atoms with Crippen molar-refractivity contribution in [3.05, 3.63) is 70.8 Å². The molecule has 0 heterocycles. The highest BCUT2D eigenvalue weighted by atomic mass is 16.5. The number of hydrogen-bond acceptors (Lipinski definition) is 3. The number of allylic oxidation sites excluding steroid dienone is 1. The van der Waals surface area contributed by atoms with Gasteiger partial charge >= 0.3 is 0 Å². The first-order valence-electron chi connectivity index (χ1n) is 6.52. The molecule has 0 saturated heterocycles. The first-order valence-corrected chi connectivity index (χ1v) is 6.52. The lowest BCUT2D eigenvalue weighted by Gasteiger charge is -2.05. The van der Waals surface area contributed by atoms with E-state index in [0.29, 0.717) is 5.56 Å². The van der Waals surface area contributed by atoms with Crippen molar-refractivity contribution in [2.75, 3.05) is 7.11 Å². The molecule has 0 spiro atoms. The number of methoxy groups -OCH3 is 1. The minimum atomic E-state index is -0.270. The normalized spacial score (nSPS) is 10.8. The van der Waals surface area contributed by atoms with Gasteiger partial charge in [-0.05, 0) is 36.3 Å². The van der Waals surface area contributed by atoms with Crippen molar-refractivity contribution >= 4 is 11.9 Å². The predicted molar refractivity (Wildman–Crippen MR) is 82.1 cm³/mol. The molecule has 0 aliphatic rings. The summed E-state index contributed by atoms with van der Waals surface area (Å²) >= 11 is 0. The molecule has 21 heavy (non-hydrogen) atoms. The average Bonchev–Trinajstić information content (AvgIpc) is 2.54. The molecule has 2 aromatic rings. The minimum Gasteiger partial charge on any atom is -0.497 e. The van der Waals surface area contributed by atoms with Crippen LogP contribution < -0.4 is 4.74 Å². The van der Waals surface area contributed by atoms with Gasteiger partial charge in [0, 0.05) is 5.56 Å². The molecule has 0 unspecified atom stereocenters. The summed E-state index contributed by atoms with van der Waals surface area (Å²) in [6, 6.07) is 16.3. The number of rotatable bonds is 4. The molecule has 0 saturated carbocycles. The van der Waals surface area contributed by atoms with Gasteiger partial charge in [-0.25, -0.2) is 0 Å². The van der Waals surface area contributed by atoms with E-state index in [4.69, 9.17) is 4.74 Å². The minimum absolute atomic E-state index is 0.120. The van der Waals surface area contributed by atoms with E-state index in [9.17, 15) is 10.1 Å². The Balaban J connectivity index is 2.38. The number of ether oxygens (including phenoxy) is 1. The van der Waals surface area contributed by atoms with Crippen LogP contribution in [0.2, 0.25) is 0 Å². The van der Waals surface area contributed by atoms with Crippen molar-refractivity contribution in [3.63, 3.8) is 0 Å². The molecule has 0 aliphatic heterocycles. The maximum absolute atomic E-state index is 12.3. The van der Waals surface area contributed by atoms with Crippen LogP contribution in [0.25, 0.3) is 6.08 Å². The van der Waals surface area contributed by atoms with Gasteiger partial charge in [-0.2, -0.15) is 5.26 Å². The predicted octanol–water partition coefficient (Wildman–Crippen LogP) is 3.79. The van der Waals surface area contributed by atoms with Crippen molar-refractivity contribution in [2.24, 2.45) is 0 Å². The molecule has 0 aliphatic carbocycles. The molecule has 0 amide bonds. The fraction of sp³-hybridized carbons (Fsp3) is 0.111. The molecule has 0 atom stereocenters. The van der Waals surface area contributed by atoms with Crippen LogP contribution in [0, 0.1) is 18.3 Å². The number of carbonyl (C=O) groups is 1. The van der Waals surface area contributed by atoms with Gasteiger partial charge in [0.05, 0.1) is 7.11 Å². The fourth-order valence-electron chi connectivity index (χ4n) is 1.99. The third-order valence-corrected chi connectivity index (χ3v) is 3.18. The lowest BCUT2D eigenvalue weighted by Crippen LogP contribution is -2.01. The first-order chi connectivity index (χ1) is 10.2. The topological polar surface area (TPSA) is 50.1 Å². The summed E-state index contributed by atoms with van der Waals surface area (Å²) in [7, 11) is 1.60. The summed E-state index contributed by atoms with van der Waals surface area (Å²) in [5.74, 6) is 0.478. The summed E-state index contributed by atoms with van der Waals surface area (Å²) in [5, 5.41) is 9.25. The van der Waals surface area contributed by atoms with E-state index < -0.39 is 0 Å². The van der Waals surface area contributed by atoms with Crippen LogP contribution in [-0.4, -0.2) is 12.9 Å². The molecule has 0 N–H and O–H groups in total. The Bertz CT molecular complexity index is 725. The molecular formula is C18H15NO2. The van der Waals surface area contributed by atoms with Crippen LogP contribution in [-0.2, 0) is 0 Å². The summed E-state index contributed by atoms with van der Waals surface area (Å²) in [6.07, 6.45) is 1.62. The molecule has 3 heteroatoms. The van der Waals surface area contributed by atoms with Gasteiger partial charge in [0.2, 0.25) is 5.78 Å². The largest absolute Gasteiger partial charge is 0.497 e. The van der Waals surface area contributed by atoms with Crippen LogP contribution >= 0.6 is 0 Å². The lowest BCUT2D eigenvalue weighted by molar-refractivity contribution is 0.104. The van der Waals surface area contributed by atoms with Gasteiger partial charge in [-0.1, -0.05) is 36.4 Å². The third-order valence-electron chi connectivity index (χ3n) is 3.18. The highest BCUT2D eigenvalue weighted by molar-refractivity contribution is 6.14. The fourth-order valence-corrected chi connectivity index (χ4v) is 1.99. The Kier molecular flexibility index (Phi) is 4.53. The number of aryl methyl sites for hydroxylation is 1. The van der Waals surface area contributed by atoms with Crippen LogP contribution in [0.15, 0.2) is 54.1 Å². The number of nitriles is 1. The van der Waals surface area contributed by atoms with Crippen molar-refractivity contribution in [3.8, 4) is 11.8 Å². The SMILES string of the molecule is COc1ccc(/C=C(\C#N)C(=O)c2ccccc2)c(C)c1. The zero-order valence-corrected chi connectivity index (χ0v) is 12.0. The molecule has 0 radical (unpaired) electrons. The average molecular weight is 277 g/mol.